The van der Waals surface area contributed by atoms with Crippen molar-refractivity contribution in [1.29, 1.82) is 0 Å². The van der Waals surface area contributed by atoms with Gasteiger partial charge in [-0.25, -0.2) is 0 Å². The highest BCUT2D eigenvalue weighted by molar-refractivity contribution is 5.21. The zero-order chi connectivity index (χ0) is 8.85. The van der Waals surface area contributed by atoms with Gasteiger partial charge < -0.3 is 5.73 Å². The van der Waals surface area contributed by atoms with E-state index in [1.54, 1.807) is 6.08 Å². The normalized spacial score (nSPS) is 11.7. The monoisotopic (exact) mass is 151 g/mol. The largest absolute Gasteiger partial charge is 0.402 e. The maximum absolute atomic E-state index is 5.65. The number of nitrogens with two attached hydrogens (primary N) is 1. The molecule has 0 aromatic carbocycles. The van der Waals surface area contributed by atoms with Crippen LogP contribution in [0.5, 0.6) is 0 Å². The molecule has 0 unspecified atom stereocenters. The van der Waals surface area contributed by atoms with Crippen LogP contribution in [0, 0.1) is 5.92 Å². The number of rotatable bonds is 4. The highest BCUT2D eigenvalue weighted by atomic mass is 14.6. The van der Waals surface area contributed by atoms with Gasteiger partial charge >= 0.3 is 0 Å². The summed E-state index contributed by atoms with van der Waals surface area (Å²) in [6, 6.07) is 0. The van der Waals surface area contributed by atoms with Crippen LogP contribution >= 0.6 is 0 Å². The smallest absolute Gasteiger partial charge is 0.0121 e. The van der Waals surface area contributed by atoms with Gasteiger partial charge in [0.1, 0.15) is 0 Å². The highest BCUT2D eigenvalue weighted by Gasteiger charge is 1.96. The van der Waals surface area contributed by atoms with Crippen LogP contribution in [0.2, 0.25) is 0 Å². The fourth-order valence-corrected chi connectivity index (χ4v) is 0.630. The third-order valence-corrected chi connectivity index (χ3v) is 1.49. The number of hydrogen-bond donors (Lipinski definition) is 1. The van der Waals surface area contributed by atoms with Gasteiger partial charge in [0.05, 0.1) is 0 Å². The Hall–Kier alpha value is -0.980. The first-order valence-electron chi connectivity index (χ1n) is 3.83. The van der Waals surface area contributed by atoms with Gasteiger partial charge in [0.15, 0.2) is 0 Å². The molecule has 0 aliphatic rings. The molecular formula is C10H17N. The molecule has 0 amide bonds. The van der Waals surface area contributed by atoms with Crippen molar-refractivity contribution >= 4 is 0 Å². The molecule has 0 aromatic heterocycles. The lowest BCUT2D eigenvalue weighted by atomic mass is 10.0. The molecule has 0 saturated carbocycles. The lowest BCUT2D eigenvalue weighted by Crippen LogP contribution is -1.98. The fraction of sp³-hybridized carbons (Fsp3) is 0.400. The van der Waals surface area contributed by atoms with Crippen molar-refractivity contribution in [3.8, 4) is 0 Å². The van der Waals surface area contributed by atoms with Crippen molar-refractivity contribution in [1.82, 2.24) is 0 Å². The van der Waals surface area contributed by atoms with Gasteiger partial charge in [-0.3, -0.25) is 0 Å². The van der Waals surface area contributed by atoms with E-state index in [0.29, 0.717) is 5.92 Å². The van der Waals surface area contributed by atoms with E-state index in [9.17, 15) is 0 Å². The standard InChI is InChI=1S/C10H17N/c1-5-6-10(11)7-9(4)8(2)3/h5,7-8H,1,4,6,11H2,2-3H3/b10-7-. The molecule has 0 fully saturated rings. The zero-order valence-electron chi connectivity index (χ0n) is 7.43. The molecule has 0 bridgehead atoms. The molecule has 0 saturated heterocycles. The summed E-state index contributed by atoms with van der Waals surface area (Å²) >= 11 is 0. The van der Waals surface area contributed by atoms with Crippen LogP contribution in [0.3, 0.4) is 0 Å². The molecular weight excluding hydrogens is 134 g/mol. The average Bonchev–Trinajstić information content (AvgIpc) is 1.87. The van der Waals surface area contributed by atoms with Gasteiger partial charge in [-0.1, -0.05) is 32.1 Å². The van der Waals surface area contributed by atoms with Crippen molar-refractivity contribution in [2.45, 2.75) is 20.3 Å². The summed E-state index contributed by atoms with van der Waals surface area (Å²) in [5.74, 6) is 0.471. The highest BCUT2D eigenvalue weighted by Crippen LogP contribution is 2.10. The predicted octanol–water partition coefficient (Wildman–Crippen LogP) is 2.62. The van der Waals surface area contributed by atoms with Crippen molar-refractivity contribution in [3.63, 3.8) is 0 Å². The third kappa shape index (κ3) is 4.43. The quantitative estimate of drug-likeness (QED) is 0.485. The Labute approximate surface area is 69.3 Å². The lowest BCUT2D eigenvalue weighted by Gasteiger charge is -2.04. The second kappa shape index (κ2) is 4.78. The molecule has 0 aliphatic carbocycles. The van der Waals surface area contributed by atoms with Crippen molar-refractivity contribution < 1.29 is 0 Å². The molecule has 1 nitrogen and oxygen atoms in total. The number of hydrogen-bond acceptors (Lipinski definition) is 1. The van der Waals surface area contributed by atoms with Crippen LogP contribution < -0.4 is 5.73 Å². The van der Waals surface area contributed by atoms with Crippen LogP contribution in [-0.2, 0) is 0 Å². The molecule has 0 atom stereocenters. The Balaban J connectivity index is 4.07. The van der Waals surface area contributed by atoms with Crippen LogP contribution in [0.15, 0.2) is 36.6 Å². The van der Waals surface area contributed by atoms with E-state index in [4.69, 9.17) is 5.73 Å². The van der Waals surface area contributed by atoms with Crippen LogP contribution in [0.25, 0.3) is 0 Å². The minimum atomic E-state index is 0.471. The second-order valence-corrected chi connectivity index (χ2v) is 2.94. The van der Waals surface area contributed by atoms with E-state index in [1.165, 1.54) is 0 Å². The Morgan fingerprint density at radius 1 is 1.55 bits per heavy atom. The molecule has 0 heterocycles. The van der Waals surface area contributed by atoms with Crippen LogP contribution in [0.1, 0.15) is 20.3 Å². The molecule has 0 aliphatic heterocycles. The van der Waals surface area contributed by atoms with Gasteiger partial charge in [0.2, 0.25) is 0 Å². The van der Waals surface area contributed by atoms with Crippen molar-refractivity contribution in [3.05, 3.63) is 36.6 Å². The molecule has 62 valence electrons. The minimum absolute atomic E-state index is 0.471. The van der Waals surface area contributed by atoms with Gasteiger partial charge in [-0.15, -0.1) is 6.58 Å². The van der Waals surface area contributed by atoms with E-state index in [0.717, 1.165) is 17.7 Å². The first-order chi connectivity index (χ1) is 5.07. The van der Waals surface area contributed by atoms with E-state index in [1.807, 2.05) is 6.08 Å². The Morgan fingerprint density at radius 3 is 2.45 bits per heavy atom. The fourth-order valence-electron chi connectivity index (χ4n) is 0.630. The van der Waals surface area contributed by atoms with Crippen molar-refractivity contribution in [2.75, 3.05) is 0 Å². The minimum Gasteiger partial charge on any atom is -0.402 e. The maximum Gasteiger partial charge on any atom is 0.0121 e. The molecule has 0 radical (unpaired) electrons. The Kier molecular flexibility index (Phi) is 4.35. The summed E-state index contributed by atoms with van der Waals surface area (Å²) in [5.41, 5.74) is 7.56. The van der Waals surface area contributed by atoms with E-state index in [2.05, 4.69) is 27.0 Å². The summed E-state index contributed by atoms with van der Waals surface area (Å²) in [6.07, 6.45) is 4.46. The second-order valence-electron chi connectivity index (χ2n) is 2.94. The Morgan fingerprint density at radius 2 is 2.09 bits per heavy atom. The summed E-state index contributed by atoms with van der Waals surface area (Å²) in [7, 11) is 0. The summed E-state index contributed by atoms with van der Waals surface area (Å²) in [4.78, 5) is 0. The Bertz CT molecular complexity index is 175. The molecule has 0 aromatic rings. The van der Waals surface area contributed by atoms with Crippen LogP contribution in [-0.4, -0.2) is 0 Å². The molecule has 0 rings (SSSR count). The van der Waals surface area contributed by atoms with Crippen molar-refractivity contribution in [2.24, 2.45) is 11.7 Å². The first-order valence-corrected chi connectivity index (χ1v) is 3.83. The van der Waals surface area contributed by atoms with E-state index in [-0.39, 0.29) is 0 Å². The third-order valence-electron chi connectivity index (χ3n) is 1.49. The summed E-state index contributed by atoms with van der Waals surface area (Å²) in [5, 5.41) is 0. The van der Waals surface area contributed by atoms with Gasteiger partial charge in [0, 0.05) is 12.1 Å². The average molecular weight is 151 g/mol. The zero-order valence-corrected chi connectivity index (χ0v) is 7.43. The van der Waals surface area contributed by atoms with Gasteiger partial charge in [-0.2, -0.15) is 0 Å². The molecule has 1 heteroatoms. The van der Waals surface area contributed by atoms with Gasteiger partial charge in [-0.05, 0) is 12.0 Å². The van der Waals surface area contributed by atoms with E-state index >= 15 is 0 Å². The predicted molar refractivity (Wildman–Crippen MR) is 51.1 cm³/mol. The topological polar surface area (TPSA) is 26.0 Å². The number of allylic oxidation sites excluding steroid dienone is 3. The SMILES string of the molecule is C=CC/C(N)=C/C(=C)C(C)C. The first kappa shape index (κ1) is 10.0. The molecule has 2 N–H and O–H groups in total. The molecule has 0 spiro atoms. The summed E-state index contributed by atoms with van der Waals surface area (Å²) in [6.45, 7) is 11.7. The van der Waals surface area contributed by atoms with E-state index < -0.39 is 0 Å². The van der Waals surface area contributed by atoms with Gasteiger partial charge in [0.25, 0.3) is 0 Å². The molecule has 11 heavy (non-hydrogen) atoms. The van der Waals surface area contributed by atoms with Crippen LogP contribution in [0.4, 0.5) is 0 Å². The maximum atomic E-state index is 5.65. The summed E-state index contributed by atoms with van der Waals surface area (Å²) < 4.78 is 0. The lowest BCUT2D eigenvalue weighted by molar-refractivity contribution is 0.792.